The molecule has 2 aliphatic rings. The van der Waals surface area contributed by atoms with E-state index in [1.54, 1.807) is 0 Å². The summed E-state index contributed by atoms with van der Waals surface area (Å²) in [5.41, 5.74) is 0. The van der Waals surface area contributed by atoms with Crippen molar-refractivity contribution in [3.63, 3.8) is 0 Å². The summed E-state index contributed by atoms with van der Waals surface area (Å²) in [5.74, 6) is 1.13. The number of carbonyl (C=O) groups excluding carboxylic acids is 1. The normalized spacial score (nSPS) is 35.4. The van der Waals surface area contributed by atoms with Crippen molar-refractivity contribution in [2.24, 2.45) is 11.8 Å². The fourth-order valence-electron chi connectivity index (χ4n) is 2.05. The van der Waals surface area contributed by atoms with Crippen LogP contribution in [0.2, 0.25) is 0 Å². The monoisotopic (exact) mass is 168 g/mol. The first kappa shape index (κ1) is 8.24. The average molecular weight is 168 g/mol. The molecule has 0 aromatic carbocycles. The Morgan fingerprint density at radius 1 is 1.42 bits per heavy atom. The largest absolute Gasteiger partial charge is 0.377 e. The highest BCUT2D eigenvalue weighted by molar-refractivity contribution is 5.86. The Labute approximate surface area is 73.3 Å². The Kier molecular flexibility index (Phi) is 2.18. The minimum absolute atomic E-state index is 0.234. The molecule has 1 saturated heterocycles. The van der Waals surface area contributed by atoms with Gasteiger partial charge in [-0.3, -0.25) is 4.79 Å². The second-order valence-electron chi connectivity index (χ2n) is 3.89. The van der Waals surface area contributed by atoms with Gasteiger partial charge in [-0.05, 0) is 25.7 Å². The lowest BCUT2D eigenvalue weighted by Crippen LogP contribution is -2.24. The summed E-state index contributed by atoms with van der Waals surface area (Å²) in [7, 11) is 0. The molecule has 12 heavy (non-hydrogen) atoms. The number of Topliss-reactive ketones (excluding diaryl/α,β-unsaturated/α-hetero) is 1. The van der Waals surface area contributed by atoms with Gasteiger partial charge in [-0.15, -0.1) is 0 Å². The topological polar surface area (TPSA) is 26.3 Å². The first-order chi connectivity index (χ1) is 5.83. The van der Waals surface area contributed by atoms with Gasteiger partial charge >= 0.3 is 0 Å². The molecule has 2 fully saturated rings. The standard InChI is InChI=1S/C10H16O2/c1-2-9-8(5-6-12-9)10(11)7-3-4-7/h7-9H,2-6H2,1H3. The third-order valence-electron chi connectivity index (χ3n) is 2.96. The second kappa shape index (κ2) is 3.17. The Morgan fingerprint density at radius 2 is 2.17 bits per heavy atom. The molecule has 0 N–H and O–H groups in total. The first-order valence-electron chi connectivity index (χ1n) is 4.98. The van der Waals surface area contributed by atoms with Crippen LogP contribution in [0.15, 0.2) is 0 Å². The third kappa shape index (κ3) is 1.40. The van der Waals surface area contributed by atoms with Gasteiger partial charge in [0.15, 0.2) is 0 Å². The van der Waals surface area contributed by atoms with E-state index < -0.39 is 0 Å². The van der Waals surface area contributed by atoms with Crippen molar-refractivity contribution in [1.29, 1.82) is 0 Å². The Bertz CT molecular complexity index is 184. The SMILES string of the molecule is CCC1OCCC1C(=O)C1CC1. The minimum atomic E-state index is 0.234. The molecule has 2 unspecified atom stereocenters. The van der Waals surface area contributed by atoms with Crippen LogP contribution in [0.1, 0.15) is 32.6 Å². The van der Waals surface area contributed by atoms with E-state index in [1.807, 2.05) is 0 Å². The molecule has 0 spiro atoms. The number of ketones is 1. The lowest BCUT2D eigenvalue weighted by Gasteiger charge is -2.14. The van der Waals surface area contributed by atoms with Gasteiger partial charge < -0.3 is 4.74 Å². The molecule has 2 rings (SSSR count). The lowest BCUT2D eigenvalue weighted by atomic mass is 9.92. The molecule has 1 aliphatic carbocycles. The van der Waals surface area contributed by atoms with Gasteiger partial charge in [0.2, 0.25) is 0 Å². The van der Waals surface area contributed by atoms with Crippen LogP contribution in [0.3, 0.4) is 0 Å². The van der Waals surface area contributed by atoms with Crippen LogP contribution in [-0.4, -0.2) is 18.5 Å². The maximum Gasteiger partial charge on any atom is 0.141 e. The molecule has 0 aromatic heterocycles. The highest BCUT2D eigenvalue weighted by atomic mass is 16.5. The van der Waals surface area contributed by atoms with Crippen LogP contribution in [0.5, 0.6) is 0 Å². The quantitative estimate of drug-likeness (QED) is 0.642. The number of rotatable bonds is 3. The van der Waals surface area contributed by atoms with E-state index in [-0.39, 0.29) is 12.0 Å². The predicted octanol–water partition coefficient (Wildman–Crippen LogP) is 1.78. The number of hydrogen-bond donors (Lipinski definition) is 0. The molecule has 0 amide bonds. The molecule has 1 heterocycles. The molecule has 2 atom stereocenters. The van der Waals surface area contributed by atoms with E-state index in [1.165, 1.54) is 0 Å². The van der Waals surface area contributed by atoms with Crippen LogP contribution in [0.4, 0.5) is 0 Å². The molecule has 0 aromatic rings. The molecular weight excluding hydrogens is 152 g/mol. The highest BCUT2D eigenvalue weighted by Crippen LogP contribution is 2.37. The minimum Gasteiger partial charge on any atom is -0.377 e. The summed E-state index contributed by atoms with van der Waals surface area (Å²) >= 11 is 0. The maximum atomic E-state index is 11.7. The third-order valence-corrected chi connectivity index (χ3v) is 2.96. The molecular formula is C10H16O2. The van der Waals surface area contributed by atoms with Gasteiger partial charge in [0.25, 0.3) is 0 Å². The zero-order valence-electron chi connectivity index (χ0n) is 7.58. The summed E-state index contributed by atoms with van der Waals surface area (Å²) < 4.78 is 5.49. The van der Waals surface area contributed by atoms with Crippen molar-refractivity contribution in [3.8, 4) is 0 Å². The highest BCUT2D eigenvalue weighted by Gasteiger charge is 2.40. The Hall–Kier alpha value is -0.370. The van der Waals surface area contributed by atoms with Crippen molar-refractivity contribution in [3.05, 3.63) is 0 Å². The van der Waals surface area contributed by atoms with E-state index in [0.29, 0.717) is 11.7 Å². The molecule has 1 aliphatic heterocycles. The van der Waals surface area contributed by atoms with Crippen LogP contribution >= 0.6 is 0 Å². The van der Waals surface area contributed by atoms with Gasteiger partial charge in [-0.2, -0.15) is 0 Å². The van der Waals surface area contributed by atoms with Gasteiger partial charge in [-0.25, -0.2) is 0 Å². The van der Waals surface area contributed by atoms with Crippen LogP contribution in [0.25, 0.3) is 0 Å². The van der Waals surface area contributed by atoms with E-state index in [9.17, 15) is 4.79 Å². The van der Waals surface area contributed by atoms with Crippen molar-refractivity contribution in [2.75, 3.05) is 6.61 Å². The van der Waals surface area contributed by atoms with Crippen LogP contribution < -0.4 is 0 Å². The fraction of sp³-hybridized carbons (Fsp3) is 0.900. The molecule has 2 nitrogen and oxygen atoms in total. The summed E-state index contributed by atoms with van der Waals surface area (Å²) in [5, 5.41) is 0. The number of ether oxygens (including phenoxy) is 1. The zero-order valence-corrected chi connectivity index (χ0v) is 7.58. The fourth-order valence-corrected chi connectivity index (χ4v) is 2.05. The van der Waals surface area contributed by atoms with Crippen molar-refractivity contribution >= 4 is 5.78 Å². The molecule has 68 valence electrons. The summed E-state index contributed by atoms with van der Waals surface area (Å²) in [6.45, 7) is 2.89. The molecule has 1 saturated carbocycles. The van der Waals surface area contributed by atoms with Crippen molar-refractivity contribution < 1.29 is 9.53 Å². The van der Waals surface area contributed by atoms with Gasteiger partial charge in [-0.1, -0.05) is 6.92 Å². The van der Waals surface area contributed by atoms with E-state index in [4.69, 9.17) is 4.74 Å². The first-order valence-corrected chi connectivity index (χ1v) is 4.98. The predicted molar refractivity (Wildman–Crippen MR) is 45.9 cm³/mol. The van der Waals surface area contributed by atoms with E-state index in [2.05, 4.69) is 6.92 Å². The number of carbonyl (C=O) groups is 1. The van der Waals surface area contributed by atoms with E-state index in [0.717, 1.165) is 32.3 Å². The van der Waals surface area contributed by atoms with Gasteiger partial charge in [0.05, 0.1) is 6.10 Å². The summed E-state index contributed by atoms with van der Waals surface area (Å²) in [6.07, 6.45) is 4.45. The maximum absolute atomic E-state index is 11.7. The summed E-state index contributed by atoms with van der Waals surface area (Å²) in [4.78, 5) is 11.7. The average Bonchev–Trinajstić information content (AvgIpc) is 2.82. The van der Waals surface area contributed by atoms with Gasteiger partial charge in [0.1, 0.15) is 5.78 Å². The molecule has 0 bridgehead atoms. The van der Waals surface area contributed by atoms with Crippen LogP contribution in [0, 0.1) is 11.8 Å². The lowest BCUT2D eigenvalue weighted by molar-refractivity contribution is -0.125. The molecule has 2 heteroatoms. The Balaban J connectivity index is 1.96. The van der Waals surface area contributed by atoms with Crippen molar-refractivity contribution in [2.45, 2.75) is 38.7 Å². The van der Waals surface area contributed by atoms with E-state index >= 15 is 0 Å². The smallest absolute Gasteiger partial charge is 0.141 e. The van der Waals surface area contributed by atoms with Crippen molar-refractivity contribution in [1.82, 2.24) is 0 Å². The summed E-state index contributed by atoms with van der Waals surface area (Å²) in [6, 6.07) is 0. The van der Waals surface area contributed by atoms with Crippen LogP contribution in [-0.2, 0) is 9.53 Å². The van der Waals surface area contributed by atoms with Gasteiger partial charge in [0, 0.05) is 18.4 Å². The molecule has 0 radical (unpaired) electrons. The zero-order chi connectivity index (χ0) is 8.55. The Morgan fingerprint density at radius 3 is 2.75 bits per heavy atom. The number of hydrogen-bond acceptors (Lipinski definition) is 2. The second-order valence-corrected chi connectivity index (χ2v) is 3.89.